The molecule has 0 radical (unpaired) electrons. The van der Waals surface area contributed by atoms with Crippen LogP contribution in [-0.2, 0) is 4.79 Å². The maximum Gasteiger partial charge on any atom is 0.256 e. The fraction of sp³-hybridized carbons (Fsp3) is 0.238. The summed E-state index contributed by atoms with van der Waals surface area (Å²) in [5.74, 6) is -0.314. The van der Waals surface area contributed by atoms with Gasteiger partial charge in [-0.05, 0) is 55.7 Å². The number of benzene rings is 1. The lowest BCUT2D eigenvalue weighted by atomic mass is 10.00. The molecule has 1 unspecified atom stereocenters. The van der Waals surface area contributed by atoms with Gasteiger partial charge >= 0.3 is 0 Å². The van der Waals surface area contributed by atoms with Crippen molar-refractivity contribution in [1.29, 1.82) is 0 Å². The molecule has 136 valence electrons. The number of likely N-dealkylation sites (tertiary alicyclic amines) is 1. The molecule has 1 aromatic carbocycles. The summed E-state index contributed by atoms with van der Waals surface area (Å²) in [7, 11) is 0. The van der Waals surface area contributed by atoms with Crippen LogP contribution < -0.4 is 5.32 Å². The van der Waals surface area contributed by atoms with Crippen LogP contribution in [-0.4, -0.2) is 39.3 Å². The fourth-order valence-corrected chi connectivity index (χ4v) is 3.53. The van der Waals surface area contributed by atoms with Gasteiger partial charge in [-0.15, -0.1) is 0 Å². The molecule has 2 amide bonds. The van der Waals surface area contributed by atoms with Gasteiger partial charge in [0.25, 0.3) is 5.91 Å². The molecule has 6 heteroatoms. The second kappa shape index (κ2) is 7.53. The van der Waals surface area contributed by atoms with Gasteiger partial charge in [0, 0.05) is 30.5 Å². The molecule has 3 heterocycles. The monoisotopic (exact) mass is 360 g/mol. The summed E-state index contributed by atoms with van der Waals surface area (Å²) in [6, 6.07) is 12.4. The molecule has 2 aromatic heterocycles. The average Bonchev–Trinajstić information content (AvgIpc) is 2.74. The van der Waals surface area contributed by atoms with E-state index in [1.165, 1.54) is 0 Å². The topological polar surface area (TPSA) is 75.2 Å². The third kappa shape index (κ3) is 3.51. The van der Waals surface area contributed by atoms with E-state index in [4.69, 9.17) is 0 Å². The highest BCUT2D eigenvalue weighted by Gasteiger charge is 2.32. The lowest BCUT2D eigenvalue weighted by Gasteiger charge is -2.34. The molecule has 27 heavy (non-hydrogen) atoms. The number of amides is 2. The molecule has 6 nitrogen and oxygen atoms in total. The second-order valence-corrected chi connectivity index (χ2v) is 6.62. The van der Waals surface area contributed by atoms with Gasteiger partial charge in [0.2, 0.25) is 5.91 Å². The van der Waals surface area contributed by atoms with Crippen molar-refractivity contribution in [3.05, 3.63) is 66.6 Å². The van der Waals surface area contributed by atoms with Crippen molar-refractivity contribution in [2.24, 2.45) is 0 Å². The minimum Gasteiger partial charge on any atom is -0.327 e. The summed E-state index contributed by atoms with van der Waals surface area (Å²) in [4.78, 5) is 35.9. The van der Waals surface area contributed by atoms with Crippen LogP contribution in [0.1, 0.15) is 29.6 Å². The zero-order valence-corrected chi connectivity index (χ0v) is 14.8. The predicted molar refractivity (Wildman–Crippen MR) is 103 cm³/mol. The summed E-state index contributed by atoms with van der Waals surface area (Å²) < 4.78 is 0. The Labute approximate surface area is 157 Å². The van der Waals surface area contributed by atoms with Crippen molar-refractivity contribution in [3.63, 3.8) is 0 Å². The van der Waals surface area contributed by atoms with Crippen molar-refractivity contribution in [3.8, 4) is 0 Å². The third-order valence-electron chi connectivity index (χ3n) is 4.88. The van der Waals surface area contributed by atoms with Gasteiger partial charge in [-0.1, -0.05) is 6.07 Å². The Morgan fingerprint density at radius 3 is 2.78 bits per heavy atom. The minimum absolute atomic E-state index is 0.150. The molecule has 3 aromatic rings. The second-order valence-electron chi connectivity index (χ2n) is 6.62. The average molecular weight is 360 g/mol. The standard InChI is InChI=1S/C21H20N4O2/c26-20(24-18-9-3-8-17-16(18)7-5-12-23-17)19-10-1-2-13-25(19)21(27)15-6-4-11-22-14-15/h3-9,11-12,14,19H,1-2,10,13H2,(H,24,26). The number of nitrogens with zero attached hydrogens (tertiary/aromatic N) is 3. The summed E-state index contributed by atoms with van der Waals surface area (Å²) in [5.41, 5.74) is 2.04. The predicted octanol–water partition coefficient (Wildman–Crippen LogP) is 3.26. The molecule has 1 atom stereocenters. The van der Waals surface area contributed by atoms with E-state index in [1.807, 2.05) is 30.3 Å². The summed E-state index contributed by atoms with van der Waals surface area (Å²) >= 11 is 0. The summed E-state index contributed by atoms with van der Waals surface area (Å²) in [6.07, 6.45) is 7.37. The van der Waals surface area contributed by atoms with E-state index in [1.54, 1.807) is 35.6 Å². The fourth-order valence-electron chi connectivity index (χ4n) is 3.53. The number of rotatable bonds is 3. The van der Waals surface area contributed by atoms with Crippen LogP contribution in [0.3, 0.4) is 0 Å². The Balaban J connectivity index is 1.58. The van der Waals surface area contributed by atoms with Crippen LogP contribution in [0, 0.1) is 0 Å². The van der Waals surface area contributed by atoms with E-state index in [0.29, 0.717) is 24.2 Å². The van der Waals surface area contributed by atoms with Gasteiger partial charge in [-0.3, -0.25) is 19.6 Å². The van der Waals surface area contributed by atoms with Crippen molar-refractivity contribution >= 4 is 28.4 Å². The quantitative estimate of drug-likeness (QED) is 0.778. The van der Waals surface area contributed by atoms with Crippen molar-refractivity contribution < 1.29 is 9.59 Å². The van der Waals surface area contributed by atoms with Gasteiger partial charge in [0.05, 0.1) is 16.8 Å². The Kier molecular flexibility index (Phi) is 4.78. The highest BCUT2D eigenvalue weighted by Crippen LogP contribution is 2.24. The van der Waals surface area contributed by atoms with Gasteiger partial charge in [0.15, 0.2) is 0 Å². The van der Waals surface area contributed by atoms with Crippen molar-refractivity contribution in [1.82, 2.24) is 14.9 Å². The van der Waals surface area contributed by atoms with E-state index in [-0.39, 0.29) is 11.8 Å². The zero-order chi connectivity index (χ0) is 18.6. The van der Waals surface area contributed by atoms with Crippen LogP contribution >= 0.6 is 0 Å². The summed E-state index contributed by atoms with van der Waals surface area (Å²) in [5, 5.41) is 3.89. The Morgan fingerprint density at radius 2 is 1.93 bits per heavy atom. The molecule has 0 spiro atoms. The molecule has 1 aliphatic heterocycles. The normalized spacial score (nSPS) is 16.9. The molecule has 4 rings (SSSR count). The van der Waals surface area contributed by atoms with Crippen LogP contribution in [0.25, 0.3) is 10.9 Å². The molecule has 0 aliphatic carbocycles. The molecule has 1 saturated heterocycles. The smallest absolute Gasteiger partial charge is 0.256 e. The molecule has 1 N–H and O–H groups in total. The Bertz CT molecular complexity index is 969. The molecular formula is C21H20N4O2. The first-order chi connectivity index (χ1) is 13.2. The number of aromatic nitrogens is 2. The maximum atomic E-state index is 13.0. The highest BCUT2D eigenvalue weighted by atomic mass is 16.2. The number of carbonyl (C=O) groups excluding carboxylic acids is 2. The van der Waals surface area contributed by atoms with Gasteiger partial charge in [0.1, 0.15) is 6.04 Å². The van der Waals surface area contributed by atoms with Crippen LogP contribution in [0.2, 0.25) is 0 Å². The van der Waals surface area contributed by atoms with E-state index in [9.17, 15) is 9.59 Å². The summed E-state index contributed by atoms with van der Waals surface area (Å²) in [6.45, 7) is 0.572. The number of hydrogen-bond acceptors (Lipinski definition) is 4. The number of pyridine rings is 2. The van der Waals surface area contributed by atoms with Crippen LogP contribution in [0.5, 0.6) is 0 Å². The number of carbonyl (C=O) groups is 2. The van der Waals surface area contributed by atoms with E-state index >= 15 is 0 Å². The van der Waals surface area contributed by atoms with Gasteiger partial charge in [-0.25, -0.2) is 0 Å². The molecule has 0 bridgehead atoms. The van der Waals surface area contributed by atoms with Crippen molar-refractivity contribution in [2.75, 3.05) is 11.9 Å². The third-order valence-corrected chi connectivity index (χ3v) is 4.88. The Hall–Kier alpha value is -3.28. The zero-order valence-electron chi connectivity index (χ0n) is 14.8. The first-order valence-corrected chi connectivity index (χ1v) is 9.09. The van der Waals surface area contributed by atoms with Gasteiger partial charge < -0.3 is 10.2 Å². The van der Waals surface area contributed by atoms with E-state index in [0.717, 1.165) is 23.7 Å². The van der Waals surface area contributed by atoms with Gasteiger partial charge in [-0.2, -0.15) is 0 Å². The molecule has 1 aliphatic rings. The highest BCUT2D eigenvalue weighted by molar-refractivity contribution is 6.05. The first kappa shape index (κ1) is 17.1. The Morgan fingerprint density at radius 1 is 1.04 bits per heavy atom. The molecule has 0 saturated carbocycles. The number of fused-ring (bicyclic) bond motifs is 1. The number of nitrogens with one attached hydrogen (secondary N) is 1. The maximum absolute atomic E-state index is 13.0. The largest absolute Gasteiger partial charge is 0.327 e. The first-order valence-electron chi connectivity index (χ1n) is 9.09. The number of anilines is 1. The van der Waals surface area contributed by atoms with Crippen LogP contribution in [0.15, 0.2) is 61.1 Å². The van der Waals surface area contributed by atoms with E-state index < -0.39 is 6.04 Å². The lowest BCUT2D eigenvalue weighted by molar-refractivity contribution is -0.121. The SMILES string of the molecule is O=C(Nc1cccc2ncccc12)C1CCCCN1C(=O)c1cccnc1. The van der Waals surface area contributed by atoms with Crippen molar-refractivity contribution in [2.45, 2.75) is 25.3 Å². The molecular weight excluding hydrogens is 340 g/mol. The number of piperidine rings is 1. The van der Waals surface area contributed by atoms with Crippen LogP contribution in [0.4, 0.5) is 5.69 Å². The van der Waals surface area contributed by atoms with E-state index in [2.05, 4.69) is 15.3 Å². The lowest BCUT2D eigenvalue weighted by Crippen LogP contribution is -2.50. The molecule has 1 fully saturated rings. The minimum atomic E-state index is -0.488. The number of hydrogen-bond donors (Lipinski definition) is 1.